The zero-order valence-electron chi connectivity index (χ0n) is 11.9. The Hall–Kier alpha value is -1.85. The van der Waals surface area contributed by atoms with Gasteiger partial charge in [-0.15, -0.1) is 0 Å². The van der Waals surface area contributed by atoms with E-state index in [1.165, 1.54) is 6.26 Å². The molecule has 0 spiro atoms. The van der Waals surface area contributed by atoms with E-state index in [0.717, 1.165) is 11.3 Å². The lowest BCUT2D eigenvalue weighted by atomic mass is 10.1. The number of hydrogen-bond acceptors (Lipinski definition) is 4. The van der Waals surface area contributed by atoms with Crippen LogP contribution in [-0.4, -0.2) is 26.3 Å². The number of hydrogen-bond donors (Lipinski definition) is 2. The molecule has 0 heterocycles. The van der Waals surface area contributed by atoms with Gasteiger partial charge in [0.25, 0.3) is 0 Å². The molecule has 2 aromatic carbocycles. The highest BCUT2D eigenvalue weighted by Crippen LogP contribution is 2.17. The third kappa shape index (κ3) is 4.58. The second kappa shape index (κ2) is 6.74. The molecule has 2 N–H and O–H groups in total. The maximum Gasteiger partial charge on any atom is 0.175 e. The van der Waals surface area contributed by atoms with E-state index in [0.29, 0.717) is 17.9 Å². The highest BCUT2D eigenvalue weighted by Gasteiger charge is 2.07. The molecular formula is C16H19NO3S. The fraction of sp³-hybridized carbons (Fsp3) is 0.250. The number of aliphatic hydroxyl groups excluding tert-OH is 1. The van der Waals surface area contributed by atoms with Crippen LogP contribution >= 0.6 is 0 Å². The van der Waals surface area contributed by atoms with E-state index in [-0.39, 0.29) is 0 Å². The zero-order chi connectivity index (χ0) is 15.3. The monoisotopic (exact) mass is 305 g/mol. The molecule has 0 aromatic heterocycles. The van der Waals surface area contributed by atoms with Gasteiger partial charge in [0, 0.05) is 18.5 Å². The second-order valence-electron chi connectivity index (χ2n) is 4.94. The molecule has 1 atom stereocenters. The Balaban J connectivity index is 1.86. The lowest BCUT2D eigenvalue weighted by Crippen LogP contribution is -2.07. The molecule has 2 rings (SSSR count). The van der Waals surface area contributed by atoms with Gasteiger partial charge in [0.15, 0.2) is 9.84 Å². The zero-order valence-corrected chi connectivity index (χ0v) is 12.7. The average molecular weight is 305 g/mol. The minimum atomic E-state index is -3.16. The number of anilines is 1. The van der Waals surface area contributed by atoms with Gasteiger partial charge < -0.3 is 10.4 Å². The van der Waals surface area contributed by atoms with Crippen LogP contribution in [0.3, 0.4) is 0 Å². The number of benzene rings is 2. The summed E-state index contributed by atoms with van der Waals surface area (Å²) >= 11 is 0. The fourth-order valence-corrected chi connectivity index (χ4v) is 2.65. The van der Waals surface area contributed by atoms with Crippen LogP contribution in [0.1, 0.15) is 18.1 Å². The van der Waals surface area contributed by atoms with Gasteiger partial charge in [-0.3, -0.25) is 0 Å². The summed E-state index contributed by atoms with van der Waals surface area (Å²) in [6.45, 7) is 0.605. The Labute approximate surface area is 125 Å². The van der Waals surface area contributed by atoms with E-state index in [4.69, 9.17) is 0 Å². The van der Waals surface area contributed by atoms with Gasteiger partial charge in [0.2, 0.25) is 0 Å². The van der Waals surface area contributed by atoms with Gasteiger partial charge in [0.05, 0.1) is 11.0 Å². The third-order valence-electron chi connectivity index (χ3n) is 3.21. The molecule has 0 saturated carbocycles. The van der Waals surface area contributed by atoms with Gasteiger partial charge in [-0.25, -0.2) is 8.42 Å². The summed E-state index contributed by atoms with van der Waals surface area (Å²) in [5.41, 5.74) is 1.73. The SMILES string of the molecule is CS(=O)(=O)c1ccc(NCC[C@@H](O)c2ccccc2)cc1. The van der Waals surface area contributed by atoms with Gasteiger partial charge in [-0.05, 0) is 36.2 Å². The number of nitrogens with one attached hydrogen (secondary N) is 1. The third-order valence-corrected chi connectivity index (χ3v) is 4.34. The Kier molecular flexibility index (Phi) is 4.98. The Morgan fingerprint density at radius 3 is 2.24 bits per heavy atom. The molecule has 0 saturated heterocycles. The highest BCUT2D eigenvalue weighted by atomic mass is 32.2. The van der Waals surface area contributed by atoms with E-state index >= 15 is 0 Å². The van der Waals surface area contributed by atoms with Crippen LogP contribution in [-0.2, 0) is 9.84 Å². The van der Waals surface area contributed by atoms with Crippen LogP contribution in [0.4, 0.5) is 5.69 Å². The van der Waals surface area contributed by atoms with Crippen molar-refractivity contribution >= 4 is 15.5 Å². The first kappa shape index (κ1) is 15.5. The molecule has 0 fully saturated rings. The fourth-order valence-electron chi connectivity index (χ4n) is 2.02. The molecule has 0 unspecified atom stereocenters. The first-order valence-electron chi connectivity index (χ1n) is 6.74. The predicted molar refractivity (Wildman–Crippen MR) is 84.1 cm³/mol. The second-order valence-corrected chi connectivity index (χ2v) is 6.95. The smallest absolute Gasteiger partial charge is 0.175 e. The standard InChI is InChI=1S/C16H19NO3S/c1-21(19,20)15-9-7-14(8-10-15)17-12-11-16(18)13-5-3-2-4-6-13/h2-10,16-18H,11-12H2,1H3/t16-/m1/s1. The van der Waals surface area contributed by atoms with Crippen molar-refractivity contribution in [3.05, 3.63) is 60.2 Å². The molecule has 0 aliphatic heterocycles. The van der Waals surface area contributed by atoms with E-state index in [2.05, 4.69) is 5.32 Å². The van der Waals surface area contributed by atoms with Crippen LogP contribution in [0.2, 0.25) is 0 Å². The van der Waals surface area contributed by atoms with E-state index in [1.807, 2.05) is 30.3 Å². The van der Waals surface area contributed by atoms with Crippen molar-refractivity contribution in [1.29, 1.82) is 0 Å². The van der Waals surface area contributed by atoms with Crippen molar-refractivity contribution in [1.82, 2.24) is 0 Å². The summed E-state index contributed by atoms with van der Waals surface area (Å²) in [4.78, 5) is 0.303. The summed E-state index contributed by atoms with van der Waals surface area (Å²) in [7, 11) is -3.16. The van der Waals surface area contributed by atoms with Crippen molar-refractivity contribution in [2.45, 2.75) is 17.4 Å². The van der Waals surface area contributed by atoms with Gasteiger partial charge in [-0.2, -0.15) is 0 Å². The largest absolute Gasteiger partial charge is 0.388 e. The molecule has 0 aliphatic carbocycles. The highest BCUT2D eigenvalue weighted by molar-refractivity contribution is 7.90. The van der Waals surface area contributed by atoms with Gasteiger partial charge in [-0.1, -0.05) is 30.3 Å². The first-order valence-corrected chi connectivity index (χ1v) is 8.63. The molecule has 2 aromatic rings. The first-order chi connectivity index (χ1) is 9.97. The average Bonchev–Trinajstić information content (AvgIpc) is 2.47. The summed E-state index contributed by atoms with van der Waals surface area (Å²) in [6.07, 6.45) is 1.26. The number of sulfone groups is 1. The number of aliphatic hydroxyl groups is 1. The van der Waals surface area contributed by atoms with Crippen LogP contribution in [0.15, 0.2) is 59.5 Å². The molecule has 0 radical (unpaired) electrons. The van der Waals surface area contributed by atoms with Crippen molar-refractivity contribution < 1.29 is 13.5 Å². The van der Waals surface area contributed by atoms with Crippen LogP contribution in [0.5, 0.6) is 0 Å². The predicted octanol–water partition coefficient (Wildman–Crippen LogP) is 2.63. The summed E-state index contributed by atoms with van der Waals surface area (Å²) < 4.78 is 22.7. The lowest BCUT2D eigenvalue weighted by Gasteiger charge is -2.12. The maximum atomic E-state index is 11.4. The molecule has 21 heavy (non-hydrogen) atoms. The van der Waals surface area contributed by atoms with Crippen LogP contribution < -0.4 is 5.32 Å². The van der Waals surface area contributed by atoms with Crippen molar-refractivity contribution in [2.75, 3.05) is 18.1 Å². The van der Waals surface area contributed by atoms with Crippen LogP contribution in [0.25, 0.3) is 0 Å². The molecule has 0 aliphatic rings. The molecule has 4 nitrogen and oxygen atoms in total. The molecule has 112 valence electrons. The minimum absolute atomic E-state index is 0.303. The maximum absolute atomic E-state index is 11.4. The molecule has 0 bridgehead atoms. The lowest BCUT2D eigenvalue weighted by molar-refractivity contribution is 0.171. The summed E-state index contributed by atoms with van der Waals surface area (Å²) in [5, 5.41) is 13.2. The van der Waals surface area contributed by atoms with Gasteiger partial charge >= 0.3 is 0 Å². The quantitative estimate of drug-likeness (QED) is 0.861. The minimum Gasteiger partial charge on any atom is -0.388 e. The molecular weight excluding hydrogens is 286 g/mol. The Bertz CT molecular complexity index is 666. The van der Waals surface area contributed by atoms with Crippen molar-refractivity contribution in [3.63, 3.8) is 0 Å². The van der Waals surface area contributed by atoms with E-state index < -0.39 is 15.9 Å². The Morgan fingerprint density at radius 1 is 1.05 bits per heavy atom. The summed E-state index contributed by atoms with van der Waals surface area (Å²) in [6, 6.07) is 16.1. The van der Waals surface area contributed by atoms with Crippen molar-refractivity contribution in [2.24, 2.45) is 0 Å². The molecule has 5 heteroatoms. The van der Waals surface area contributed by atoms with E-state index in [9.17, 15) is 13.5 Å². The summed E-state index contributed by atoms with van der Waals surface area (Å²) in [5.74, 6) is 0. The van der Waals surface area contributed by atoms with Crippen molar-refractivity contribution in [3.8, 4) is 0 Å². The molecule has 0 amide bonds. The van der Waals surface area contributed by atoms with E-state index in [1.54, 1.807) is 24.3 Å². The van der Waals surface area contributed by atoms with Gasteiger partial charge in [0.1, 0.15) is 0 Å². The normalized spacial score (nSPS) is 12.9. The number of rotatable bonds is 6. The topological polar surface area (TPSA) is 66.4 Å². The Morgan fingerprint density at radius 2 is 1.67 bits per heavy atom. The van der Waals surface area contributed by atoms with Crippen LogP contribution in [0, 0.1) is 0 Å².